The number of hydrogen-bond acceptors (Lipinski definition) is 4. The van der Waals surface area contributed by atoms with Gasteiger partial charge in [0.05, 0.1) is 11.4 Å². The van der Waals surface area contributed by atoms with Gasteiger partial charge in [0.2, 0.25) is 0 Å². The number of benzene rings is 1. The van der Waals surface area contributed by atoms with Crippen molar-refractivity contribution in [3.05, 3.63) is 71.1 Å². The standard InChI is InChI=1S/C24H23ClN4O3/c1-4-12-28-22(30)19(21(24(28)32)27-13-6-5-7-14-27)18-20(15(2)3)26-29(23(18)31)17-10-8-16(25)9-11-17/h5-11,13-15H,4,12H2,1-3H3. The van der Waals surface area contributed by atoms with Gasteiger partial charge in [0.25, 0.3) is 11.6 Å². The van der Waals surface area contributed by atoms with Crippen LogP contribution in [0, 0.1) is 0 Å². The Kier molecular flexibility index (Phi) is 5.84. The van der Waals surface area contributed by atoms with Gasteiger partial charge >= 0.3 is 5.91 Å². The number of carbonyl (C=O) groups excluding carboxylic acids is 2. The van der Waals surface area contributed by atoms with Gasteiger partial charge in [-0.15, -0.1) is 0 Å². The second kappa shape index (κ2) is 8.59. The van der Waals surface area contributed by atoms with Crippen molar-refractivity contribution in [2.75, 3.05) is 6.54 Å². The van der Waals surface area contributed by atoms with E-state index >= 15 is 0 Å². The Morgan fingerprint density at radius 2 is 1.72 bits per heavy atom. The summed E-state index contributed by atoms with van der Waals surface area (Å²) < 4.78 is 2.86. The molecule has 2 amide bonds. The van der Waals surface area contributed by atoms with E-state index in [1.54, 1.807) is 53.4 Å². The third-order valence-corrected chi connectivity index (χ3v) is 5.55. The number of carbonyl (C=O) groups is 2. The van der Waals surface area contributed by atoms with E-state index in [4.69, 9.17) is 11.6 Å². The molecule has 0 radical (unpaired) electrons. The molecule has 164 valence electrons. The Morgan fingerprint density at radius 1 is 1.06 bits per heavy atom. The molecule has 4 rings (SSSR count). The largest absolute Gasteiger partial charge is 0.858 e. The maximum atomic E-state index is 13.6. The molecule has 0 aliphatic carbocycles. The summed E-state index contributed by atoms with van der Waals surface area (Å²) in [6, 6.07) is 12.1. The summed E-state index contributed by atoms with van der Waals surface area (Å²) in [5, 5.41) is 18.7. The highest BCUT2D eigenvalue weighted by Gasteiger charge is 2.46. The lowest BCUT2D eigenvalue weighted by Crippen LogP contribution is -2.39. The Morgan fingerprint density at radius 3 is 2.31 bits per heavy atom. The van der Waals surface area contributed by atoms with E-state index in [1.807, 2.05) is 26.8 Å². The number of hydrogen-bond donors (Lipinski definition) is 0. The first-order valence-electron chi connectivity index (χ1n) is 10.5. The molecule has 1 aliphatic rings. The van der Waals surface area contributed by atoms with Crippen molar-refractivity contribution in [2.45, 2.75) is 33.1 Å². The number of pyridine rings is 1. The van der Waals surface area contributed by atoms with Crippen LogP contribution >= 0.6 is 11.6 Å². The molecule has 0 bridgehead atoms. The third-order valence-electron chi connectivity index (χ3n) is 5.30. The van der Waals surface area contributed by atoms with Crippen LogP contribution in [0.15, 0.2) is 54.9 Å². The summed E-state index contributed by atoms with van der Waals surface area (Å²) in [6.07, 6.45) is 4.00. The minimum Gasteiger partial charge on any atom is -0.858 e. The molecule has 3 heterocycles. The molecule has 0 fully saturated rings. The number of aromatic nitrogens is 3. The number of rotatable bonds is 6. The van der Waals surface area contributed by atoms with Crippen LogP contribution in [0.25, 0.3) is 17.0 Å². The van der Waals surface area contributed by atoms with Crippen LogP contribution in [0.3, 0.4) is 0 Å². The molecular formula is C24H23ClN4O3. The molecule has 1 aromatic carbocycles. The van der Waals surface area contributed by atoms with Crippen LogP contribution in [0.1, 0.15) is 44.4 Å². The second-order valence-electron chi connectivity index (χ2n) is 7.88. The second-order valence-corrected chi connectivity index (χ2v) is 8.31. The third kappa shape index (κ3) is 3.58. The van der Waals surface area contributed by atoms with Gasteiger partial charge in [-0.2, -0.15) is 9.67 Å². The van der Waals surface area contributed by atoms with Gasteiger partial charge in [0.1, 0.15) is 5.57 Å². The lowest BCUT2D eigenvalue weighted by molar-refractivity contribution is -0.576. The summed E-state index contributed by atoms with van der Waals surface area (Å²) in [5.41, 5.74) is 1.42. The van der Waals surface area contributed by atoms with Crippen molar-refractivity contribution in [1.29, 1.82) is 0 Å². The molecule has 0 N–H and O–H groups in total. The lowest BCUT2D eigenvalue weighted by Gasteiger charge is -2.15. The normalized spacial score (nSPS) is 14.2. The summed E-state index contributed by atoms with van der Waals surface area (Å²) in [6.45, 7) is 5.97. The number of amides is 2. The SMILES string of the molecule is CCCN1C(=O)C(c2c(C(C)C)nn(-c3ccc(Cl)cc3)c2[O-])=C([n+]2ccccc2)C1=O. The minimum atomic E-state index is -0.474. The predicted molar refractivity (Wildman–Crippen MR) is 119 cm³/mol. The molecular weight excluding hydrogens is 428 g/mol. The first-order chi connectivity index (χ1) is 15.3. The summed E-state index contributed by atoms with van der Waals surface area (Å²) in [7, 11) is 0. The zero-order valence-corrected chi connectivity index (χ0v) is 18.8. The molecule has 32 heavy (non-hydrogen) atoms. The van der Waals surface area contributed by atoms with E-state index in [2.05, 4.69) is 5.10 Å². The summed E-state index contributed by atoms with van der Waals surface area (Å²) in [5.74, 6) is -1.49. The smallest absolute Gasteiger partial charge is 0.326 e. The van der Waals surface area contributed by atoms with Crippen LogP contribution in [-0.4, -0.2) is 33.0 Å². The van der Waals surface area contributed by atoms with Crippen molar-refractivity contribution >= 4 is 34.7 Å². The van der Waals surface area contributed by atoms with Crippen LogP contribution in [-0.2, 0) is 9.59 Å². The monoisotopic (exact) mass is 450 g/mol. The fourth-order valence-electron chi connectivity index (χ4n) is 3.82. The molecule has 0 saturated carbocycles. The van der Waals surface area contributed by atoms with Gasteiger partial charge in [-0.25, -0.2) is 4.68 Å². The molecule has 2 aromatic heterocycles. The van der Waals surface area contributed by atoms with Crippen LogP contribution in [0.4, 0.5) is 0 Å². The van der Waals surface area contributed by atoms with E-state index in [9.17, 15) is 14.7 Å². The van der Waals surface area contributed by atoms with Crippen LogP contribution in [0.5, 0.6) is 5.88 Å². The fourth-order valence-corrected chi connectivity index (χ4v) is 3.94. The Labute approximate surface area is 191 Å². The molecule has 0 unspecified atom stereocenters. The highest BCUT2D eigenvalue weighted by Crippen LogP contribution is 2.39. The van der Waals surface area contributed by atoms with Crippen LogP contribution < -0.4 is 9.67 Å². The van der Waals surface area contributed by atoms with Crippen molar-refractivity contribution in [3.8, 4) is 11.6 Å². The van der Waals surface area contributed by atoms with E-state index < -0.39 is 17.7 Å². The molecule has 0 saturated heterocycles. The van der Waals surface area contributed by atoms with Crippen molar-refractivity contribution in [3.63, 3.8) is 0 Å². The van der Waals surface area contributed by atoms with Gasteiger partial charge in [-0.1, -0.05) is 38.4 Å². The van der Waals surface area contributed by atoms with Gasteiger partial charge in [0.15, 0.2) is 12.4 Å². The van der Waals surface area contributed by atoms with Crippen LogP contribution in [0.2, 0.25) is 5.02 Å². The predicted octanol–water partition coefficient (Wildman–Crippen LogP) is 3.16. The molecule has 8 heteroatoms. The van der Waals surface area contributed by atoms with Crippen molar-refractivity contribution < 1.29 is 19.3 Å². The first-order valence-corrected chi connectivity index (χ1v) is 10.9. The van der Waals surface area contributed by atoms with E-state index in [0.717, 1.165) is 0 Å². The van der Waals surface area contributed by atoms with Crippen molar-refractivity contribution in [2.24, 2.45) is 0 Å². The Bertz CT molecular complexity index is 1210. The Hall–Kier alpha value is -3.45. The highest BCUT2D eigenvalue weighted by atomic mass is 35.5. The molecule has 3 aromatic rings. The molecule has 0 spiro atoms. The quantitative estimate of drug-likeness (QED) is 0.426. The lowest BCUT2D eigenvalue weighted by atomic mass is 9.98. The van der Waals surface area contributed by atoms with E-state index in [-0.39, 0.29) is 29.3 Å². The van der Waals surface area contributed by atoms with Gasteiger partial charge in [-0.3, -0.25) is 14.5 Å². The molecule has 7 nitrogen and oxygen atoms in total. The molecule has 1 aliphatic heterocycles. The first kappa shape index (κ1) is 21.8. The number of imide groups is 1. The fraction of sp³-hybridized carbons (Fsp3) is 0.250. The summed E-state index contributed by atoms with van der Waals surface area (Å²) >= 11 is 5.99. The highest BCUT2D eigenvalue weighted by molar-refractivity contribution is 6.45. The number of halogens is 1. The topological polar surface area (TPSA) is 82.1 Å². The van der Waals surface area contributed by atoms with E-state index in [1.165, 1.54) is 9.58 Å². The maximum Gasteiger partial charge on any atom is 0.326 e. The van der Waals surface area contributed by atoms with Gasteiger partial charge < -0.3 is 5.11 Å². The van der Waals surface area contributed by atoms with Gasteiger partial charge in [0, 0.05) is 29.3 Å². The van der Waals surface area contributed by atoms with Crippen molar-refractivity contribution in [1.82, 2.24) is 14.7 Å². The maximum absolute atomic E-state index is 13.6. The Balaban J connectivity index is 2.00. The van der Waals surface area contributed by atoms with Gasteiger partial charge in [-0.05, 0) is 42.5 Å². The zero-order valence-electron chi connectivity index (χ0n) is 18.1. The zero-order chi connectivity index (χ0) is 23.0. The summed E-state index contributed by atoms with van der Waals surface area (Å²) in [4.78, 5) is 27.9. The van der Waals surface area contributed by atoms with E-state index in [0.29, 0.717) is 22.8 Å². The molecule has 0 atom stereocenters. The average Bonchev–Trinajstić information content (AvgIpc) is 3.24. The minimum absolute atomic E-state index is 0.0913. The average molecular weight is 451 g/mol. The number of nitrogens with zero attached hydrogens (tertiary/aromatic N) is 4.